The highest BCUT2D eigenvalue weighted by atomic mass is 35.5. The molecule has 1 aliphatic rings. The molecule has 2 aromatic rings. The molecule has 0 amide bonds. The van der Waals surface area contributed by atoms with E-state index in [1.165, 1.54) is 17.0 Å². The molecule has 0 spiro atoms. The lowest BCUT2D eigenvalue weighted by Gasteiger charge is -2.34. The number of ether oxygens (including phenoxy) is 1. The average Bonchev–Trinajstić information content (AvgIpc) is 2.62. The highest BCUT2D eigenvalue weighted by Crippen LogP contribution is 2.19. The summed E-state index contributed by atoms with van der Waals surface area (Å²) in [7, 11) is 0. The summed E-state index contributed by atoms with van der Waals surface area (Å²) in [4.78, 5) is 3.67. The molecule has 1 heterocycles. The van der Waals surface area contributed by atoms with Crippen molar-refractivity contribution in [1.29, 1.82) is 0 Å². The minimum atomic E-state index is -0.544. The summed E-state index contributed by atoms with van der Waals surface area (Å²) >= 11 is 6.06. The van der Waals surface area contributed by atoms with E-state index in [1.807, 2.05) is 18.2 Å². The molecule has 25 heavy (non-hydrogen) atoms. The predicted molar refractivity (Wildman–Crippen MR) is 97.1 cm³/mol. The Morgan fingerprint density at radius 1 is 1.16 bits per heavy atom. The van der Waals surface area contributed by atoms with E-state index in [-0.39, 0.29) is 12.4 Å². The Bertz CT molecular complexity index is 675. The monoisotopic (exact) mass is 365 g/mol. The van der Waals surface area contributed by atoms with Crippen LogP contribution in [0.2, 0.25) is 5.02 Å². The number of halogens is 2. The maximum absolute atomic E-state index is 12.9. The van der Waals surface area contributed by atoms with Crippen molar-refractivity contribution in [2.75, 3.05) is 44.2 Å². The van der Waals surface area contributed by atoms with Crippen LogP contribution in [0.15, 0.2) is 48.5 Å². The van der Waals surface area contributed by atoms with Crippen LogP contribution in [0.25, 0.3) is 0 Å². The Morgan fingerprint density at radius 3 is 2.56 bits per heavy atom. The van der Waals surface area contributed by atoms with Gasteiger partial charge in [0, 0.05) is 10.7 Å². The van der Waals surface area contributed by atoms with Gasteiger partial charge in [-0.3, -0.25) is 0 Å². The Hall–Kier alpha value is -1.82. The minimum absolute atomic E-state index is 0.215. The molecule has 1 atom stereocenters. The third-order valence-electron chi connectivity index (χ3n) is 4.42. The molecular formula is C19H23ClFN2O2+. The number of aliphatic hydroxyl groups is 1. The first kappa shape index (κ1) is 18.0. The van der Waals surface area contributed by atoms with Gasteiger partial charge in [-0.25, -0.2) is 4.39 Å². The number of benzene rings is 2. The lowest BCUT2D eigenvalue weighted by atomic mass is 10.2. The topological polar surface area (TPSA) is 37.1 Å². The van der Waals surface area contributed by atoms with Crippen molar-refractivity contribution >= 4 is 17.3 Å². The van der Waals surface area contributed by atoms with Crippen LogP contribution in [0.3, 0.4) is 0 Å². The number of nitrogens with one attached hydrogen (secondary N) is 1. The lowest BCUT2D eigenvalue weighted by Crippen LogP contribution is -3.16. The molecule has 134 valence electrons. The van der Waals surface area contributed by atoms with E-state index in [9.17, 15) is 9.50 Å². The fraction of sp³-hybridized carbons (Fsp3) is 0.368. The van der Waals surface area contributed by atoms with Crippen LogP contribution in [0.1, 0.15) is 0 Å². The molecule has 6 heteroatoms. The van der Waals surface area contributed by atoms with Gasteiger partial charge in [0.15, 0.2) is 0 Å². The quantitative estimate of drug-likeness (QED) is 0.817. The van der Waals surface area contributed by atoms with Crippen molar-refractivity contribution in [3.05, 3.63) is 59.4 Å². The van der Waals surface area contributed by atoms with Crippen molar-refractivity contribution < 1.29 is 19.1 Å². The van der Waals surface area contributed by atoms with Crippen LogP contribution in [0, 0.1) is 5.82 Å². The molecule has 3 rings (SSSR count). The number of hydrogen-bond donors (Lipinski definition) is 2. The number of rotatable bonds is 6. The molecule has 1 aliphatic heterocycles. The Labute approximate surface area is 152 Å². The van der Waals surface area contributed by atoms with Crippen LogP contribution in [0.4, 0.5) is 10.1 Å². The number of piperazine rings is 1. The zero-order chi connectivity index (χ0) is 17.6. The fourth-order valence-corrected chi connectivity index (χ4v) is 3.26. The van der Waals surface area contributed by atoms with E-state index >= 15 is 0 Å². The van der Waals surface area contributed by atoms with E-state index in [4.69, 9.17) is 16.3 Å². The van der Waals surface area contributed by atoms with Crippen molar-refractivity contribution in [2.45, 2.75) is 6.10 Å². The van der Waals surface area contributed by atoms with Gasteiger partial charge in [-0.15, -0.1) is 0 Å². The number of aliphatic hydroxyl groups excluding tert-OH is 1. The Kier molecular flexibility index (Phi) is 6.13. The molecule has 2 aromatic carbocycles. The van der Waals surface area contributed by atoms with Gasteiger partial charge >= 0.3 is 0 Å². The van der Waals surface area contributed by atoms with Gasteiger partial charge in [-0.05, 0) is 42.5 Å². The molecule has 2 N–H and O–H groups in total. The first-order valence-electron chi connectivity index (χ1n) is 8.50. The maximum atomic E-state index is 12.9. The second kappa shape index (κ2) is 8.52. The van der Waals surface area contributed by atoms with Gasteiger partial charge in [0.05, 0.1) is 26.2 Å². The van der Waals surface area contributed by atoms with Crippen molar-refractivity contribution in [1.82, 2.24) is 0 Å². The minimum Gasteiger partial charge on any atom is -0.491 e. The molecule has 0 aliphatic carbocycles. The molecule has 0 saturated carbocycles. The Balaban J connectivity index is 1.41. The normalized spacial score (nSPS) is 16.7. The molecule has 4 nitrogen and oxygen atoms in total. The van der Waals surface area contributed by atoms with Crippen LogP contribution < -0.4 is 14.5 Å². The first-order valence-corrected chi connectivity index (χ1v) is 8.88. The van der Waals surface area contributed by atoms with E-state index in [2.05, 4.69) is 11.0 Å². The van der Waals surface area contributed by atoms with E-state index < -0.39 is 6.10 Å². The smallest absolute Gasteiger partial charge is 0.137 e. The third-order valence-corrected chi connectivity index (χ3v) is 4.66. The predicted octanol–water partition coefficient (Wildman–Crippen LogP) is 1.62. The molecule has 1 saturated heterocycles. The second-order valence-electron chi connectivity index (χ2n) is 6.34. The van der Waals surface area contributed by atoms with Crippen molar-refractivity contribution in [3.8, 4) is 5.75 Å². The molecule has 0 radical (unpaired) electrons. The third kappa shape index (κ3) is 5.33. The Morgan fingerprint density at radius 2 is 1.88 bits per heavy atom. The number of nitrogens with zero attached hydrogens (tertiary/aromatic N) is 1. The molecule has 1 fully saturated rings. The first-order chi connectivity index (χ1) is 12.1. The van der Waals surface area contributed by atoms with Gasteiger partial charge in [0.25, 0.3) is 0 Å². The van der Waals surface area contributed by atoms with Gasteiger partial charge in [0.1, 0.15) is 30.8 Å². The lowest BCUT2D eigenvalue weighted by molar-refractivity contribution is -0.903. The van der Waals surface area contributed by atoms with Crippen LogP contribution in [-0.4, -0.2) is 50.5 Å². The fourth-order valence-electron chi connectivity index (χ4n) is 3.07. The van der Waals surface area contributed by atoms with Gasteiger partial charge < -0.3 is 19.6 Å². The summed E-state index contributed by atoms with van der Waals surface area (Å²) in [6.45, 7) is 4.64. The van der Waals surface area contributed by atoms with E-state index in [0.717, 1.165) is 36.9 Å². The zero-order valence-corrected chi connectivity index (χ0v) is 14.8. The maximum Gasteiger partial charge on any atom is 0.137 e. The number of quaternary nitrogens is 1. The van der Waals surface area contributed by atoms with E-state index in [1.54, 1.807) is 12.1 Å². The standard InChI is InChI=1S/C19H22ClFN2O2/c20-15-2-1-3-17(12-15)23-10-8-22(9-11-23)13-18(24)14-25-19-6-4-16(21)5-7-19/h1-7,12,18,24H,8-11,13-14H2/p+1/t18-/m0/s1. The molecular weight excluding hydrogens is 343 g/mol. The molecule has 0 unspecified atom stereocenters. The highest BCUT2D eigenvalue weighted by molar-refractivity contribution is 6.30. The van der Waals surface area contributed by atoms with Gasteiger partial charge in [-0.2, -0.15) is 0 Å². The number of anilines is 1. The van der Waals surface area contributed by atoms with E-state index in [0.29, 0.717) is 12.3 Å². The summed E-state index contributed by atoms with van der Waals surface area (Å²) in [5.74, 6) is 0.274. The molecule has 0 aromatic heterocycles. The highest BCUT2D eigenvalue weighted by Gasteiger charge is 2.23. The SMILES string of the molecule is O[C@H](COc1ccc(F)cc1)C[NH+]1CCN(c2cccc(Cl)c2)CC1. The van der Waals surface area contributed by atoms with Gasteiger partial charge in [-0.1, -0.05) is 17.7 Å². The summed E-state index contributed by atoms with van der Waals surface area (Å²) in [5, 5.41) is 10.9. The molecule has 0 bridgehead atoms. The van der Waals surface area contributed by atoms with Crippen molar-refractivity contribution in [3.63, 3.8) is 0 Å². The zero-order valence-electron chi connectivity index (χ0n) is 14.0. The van der Waals surface area contributed by atoms with Gasteiger partial charge in [0.2, 0.25) is 0 Å². The number of hydrogen-bond acceptors (Lipinski definition) is 3. The summed E-state index contributed by atoms with van der Waals surface area (Å²) in [6, 6.07) is 13.7. The second-order valence-corrected chi connectivity index (χ2v) is 6.78. The summed E-state index contributed by atoms with van der Waals surface area (Å²) in [6.07, 6.45) is -0.544. The van der Waals surface area contributed by atoms with Crippen LogP contribution in [0.5, 0.6) is 5.75 Å². The van der Waals surface area contributed by atoms with Crippen LogP contribution >= 0.6 is 11.6 Å². The van der Waals surface area contributed by atoms with Crippen molar-refractivity contribution in [2.24, 2.45) is 0 Å². The summed E-state index contributed by atoms with van der Waals surface area (Å²) in [5.41, 5.74) is 1.15. The summed E-state index contributed by atoms with van der Waals surface area (Å²) < 4.78 is 18.4. The van der Waals surface area contributed by atoms with Crippen LogP contribution in [-0.2, 0) is 0 Å². The average molecular weight is 366 g/mol. The largest absolute Gasteiger partial charge is 0.491 e.